The van der Waals surface area contributed by atoms with E-state index in [1.807, 2.05) is 13.1 Å². The zero-order valence-electron chi connectivity index (χ0n) is 11.5. The maximum absolute atomic E-state index is 13.7. The zero-order chi connectivity index (χ0) is 14.1. The molecule has 0 bridgehead atoms. The van der Waals surface area contributed by atoms with Crippen LogP contribution in [0.15, 0.2) is 34.9 Å². The van der Waals surface area contributed by atoms with Gasteiger partial charge in [-0.15, -0.1) is 12.4 Å². The van der Waals surface area contributed by atoms with Gasteiger partial charge in [0.05, 0.1) is 12.8 Å². The third kappa shape index (κ3) is 3.36. The summed E-state index contributed by atoms with van der Waals surface area (Å²) in [7, 11) is 1.99. The van der Waals surface area contributed by atoms with E-state index in [-0.39, 0.29) is 24.3 Å². The Morgan fingerprint density at radius 3 is 2.86 bits per heavy atom. The number of halogens is 3. The highest BCUT2D eigenvalue weighted by Gasteiger charge is 2.25. The number of furan rings is 1. The third-order valence-electron chi connectivity index (χ3n) is 3.48. The van der Waals surface area contributed by atoms with Gasteiger partial charge in [-0.25, -0.2) is 8.78 Å². The van der Waals surface area contributed by atoms with Crippen LogP contribution < -0.4 is 4.74 Å². The molecular formula is C15H16ClF2NO2. The molecule has 3 rings (SSSR count). The van der Waals surface area contributed by atoms with Gasteiger partial charge in [-0.2, -0.15) is 0 Å². The lowest BCUT2D eigenvalue weighted by Crippen LogP contribution is -2.18. The topological polar surface area (TPSA) is 25.6 Å². The van der Waals surface area contributed by atoms with Crippen molar-refractivity contribution in [2.75, 3.05) is 13.6 Å². The number of ether oxygens (including phenoxy) is 1. The average Bonchev–Trinajstić information content (AvgIpc) is 2.79. The molecule has 0 radical (unpaired) electrons. The molecule has 2 aromatic rings. The summed E-state index contributed by atoms with van der Waals surface area (Å²) in [5.41, 5.74) is 0.929. The Morgan fingerprint density at radius 2 is 2.10 bits per heavy atom. The van der Waals surface area contributed by atoms with E-state index in [4.69, 9.17) is 9.15 Å². The molecule has 1 aliphatic rings. The molecule has 0 saturated carbocycles. The van der Waals surface area contributed by atoms with E-state index in [1.54, 1.807) is 6.26 Å². The number of rotatable bonds is 2. The van der Waals surface area contributed by atoms with Crippen molar-refractivity contribution in [3.63, 3.8) is 0 Å². The molecule has 6 heteroatoms. The maximum Gasteiger partial charge on any atom is 0.168 e. The van der Waals surface area contributed by atoms with Crippen molar-refractivity contribution in [2.45, 2.75) is 19.1 Å². The highest BCUT2D eigenvalue weighted by molar-refractivity contribution is 5.85. The fourth-order valence-electron chi connectivity index (χ4n) is 2.43. The van der Waals surface area contributed by atoms with Gasteiger partial charge in [-0.1, -0.05) is 0 Å². The second kappa shape index (κ2) is 6.45. The summed E-state index contributed by atoms with van der Waals surface area (Å²) in [6, 6.07) is 5.19. The first-order valence-electron chi connectivity index (χ1n) is 6.50. The van der Waals surface area contributed by atoms with Crippen LogP contribution in [-0.2, 0) is 6.54 Å². The van der Waals surface area contributed by atoms with Crippen LogP contribution in [0.25, 0.3) is 0 Å². The van der Waals surface area contributed by atoms with Crippen molar-refractivity contribution in [1.29, 1.82) is 0 Å². The second-order valence-electron chi connectivity index (χ2n) is 5.01. The summed E-state index contributed by atoms with van der Waals surface area (Å²) in [6.07, 6.45) is 2.05. The fraction of sp³-hybridized carbons (Fsp3) is 0.333. The van der Waals surface area contributed by atoms with Crippen molar-refractivity contribution in [3.05, 3.63) is 53.5 Å². The van der Waals surface area contributed by atoms with Crippen LogP contribution in [0.5, 0.6) is 5.75 Å². The van der Waals surface area contributed by atoms with Crippen LogP contribution in [0.3, 0.4) is 0 Å². The first-order valence-corrected chi connectivity index (χ1v) is 6.50. The molecule has 0 aliphatic carbocycles. The van der Waals surface area contributed by atoms with Crippen LogP contribution >= 0.6 is 12.4 Å². The van der Waals surface area contributed by atoms with E-state index in [0.29, 0.717) is 6.54 Å². The molecule has 1 aromatic heterocycles. The molecule has 1 aliphatic heterocycles. The lowest BCUT2D eigenvalue weighted by Gasteiger charge is -2.18. The predicted octanol–water partition coefficient (Wildman–Crippen LogP) is 3.94. The molecule has 3 nitrogen and oxygen atoms in total. The van der Waals surface area contributed by atoms with Gasteiger partial charge in [0.25, 0.3) is 0 Å². The van der Waals surface area contributed by atoms with Gasteiger partial charge >= 0.3 is 0 Å². The average molecular weight is 316 g/mol. The fourth-order valence-corrected chi connectivity index (χ4v) is 2.43. The molecule has 0 fully saturated rings. The van der Waals surface area contributed by atoms with Crippen LogP contribution in [0.1, 0.15) is 23.8 Å². The highest BCUT2D eigenvalue weighted by atomic mass is 35.5. The lowest BCUT2D eigenvalue weighted by molar-refractivity contribution is 0.175. The highest BCUT2D eigenvalue weighted by Crippen LogP contribution is 2.32. The molecule has 0 saturated heterocycles. The van der Waals surface area contributed by atoms with Crippen molar-refractivity contribution in [1.82, 2.24) is 4.90 Å². The second-order valence-corrected chi connectivity index (χ2v) is 5.01. The molecule has 1 unspecified atom stereocenters. The van der Waals surface area contributed by atoms with Gasteiger partial charge in [0.15, 0.2) is 11.6 Å². The molecular weight excluding hydrogens is 300 g/mol. The van der Waals surface area contributed by atoms with E-state index in [0.717, 1.165) is 30.4 Å². The normalized spacial score (nSPS) is 18.5. The Kier molecular flexibility index (Phi) is 4.85. The maximum atomic E-state index is 13.7. The number of hydrogen-bond donors (Lipinski definition) is 0. The molecule has 0 spiro atoms. The summed E-state index contributed by atoms with van der Waals surface area (Å²) in [6.45, 7) is 1.52. The zero-order valence-corrected chi connectivity index (χ0v) is 12.3. The summed E-state index contributed by atoms with van der Waals surface area (Å²) in [5.74, 6) is -0.405. The van der Waals surface area contributed by atoms with Crippen LogP contribution in [0.4, 0.5) is 8.78 Å². The van der Waals surface area contributed by atoms with Gasteiger partial charge in [-0.05, 0) is 25.2 Å². The van der Waals surface area contributed by atoms with Crippen molar-refractivity contribution >= 4 is 12.4 Å². The van der Waals surface area contributed by atoms with E-state index in [1.165, 1.54) is 12.1 Å². The van der Waals surface area contributed by atoms with Gasteiger partial charge in [0, 0.05) is 24.6 Å². The number of fused-ring (bicyclic) bond motifs is 1. The Morgan fingerprint density at radius 1 is 1.29 bits per heavy atom. The number of hydrogen-bond acceptors (Lipinski definition) is 3. The Bertz CT molecular complexity index is 617. The van der Waals surface area contributed by atoms with Crippen molar-refractivity contribution in [3.8, 4) is 5.75 Å². The molecule has 2 heterocycles. The first-order chi connectivity index (χ1) is 9.63. The van der Waals surface area contributed by atoms with E-state index >= 15 is 0 Å². The van der Waals surface area contributed by atoms with E-state index in [2.05, 4.69) is 4.90 Å². The Hall–Kier alpha value is -1.59. The van der Waals surface area contributed by atoms with Crippen molar-refractivity contribution < 1.29 is 17.9 Å². The monoisotopic (exact) mass is 315 g/mol. The summed E-state index contributed by atoms with van der Waals surface area (Å²) < 4.78 is 37.8. The Labute approximate surface area is 127 Å². The minimum Gasteiger partial charge on any atom is -0.482 e. The minimum atomic E-state index is -0.687. The number of benzene rings is 1. The van der Waals surface area contributed by atoms with Crippen molar-refractivity contribution in [2.24, 2.45) is 0 Å². The smallest absolute Gasteiger partial charge is 0.168 e. The number of nitrogens with zero attached hydrogens (tertiary/aromatic N) is 1. The van der Waals surface area contributed by atoms with E-state index in [9.17, 15) is 8.78 Å². The minimum absolute atomic E-state index is 0. The molecule has 21 heavy (non-hydrogen) atoms. The standard InChI is InChI=1S/C15H15F2NO2.ClH/c1-18-6-4-13(11-5-7-19-15(11)9-18)20-14-3-2-10(16)8-12(14)17;/h2-3,5,7-8,13H,4,6,9H2,1H3;1H. The molecule has 0 N–H and O–H groups in total. The SMILES string of the molecule is CN1CCC(Oc2ccc(F)cc2F)c2ccoc2C1.Cl. The summed E-state index contributed by atoms with van der Waals surface area (Å²) in [4.78, 5) is 2.12. The molecule has 114 valence electrons. The van der Waals surface area contributed by atoms with Gasteiger partial charge < -0.3 is 9.15 Å². The van der Waals surface area contributed by atoms with Crippen LogP contribution in [0, 0.1) is 11.6 Å². The first kappa shape index (κ1) is 15.8. The van der Waals surface area contributed by atoms with Gasteiger partial charge in [0.1, 0.15) is 17.7 Å². The largest absolute Gasteiger partial charge is 0.482 e. The van der Waals surface area contributed by atoms with Gasteiger partial charge in [0.2, 0.25) is 0 Å². The summed E-state index contributed by atoms with van der Waals surface area (Å²) in [5, 5.41) is 0. The summed E-state index contributed by atoms with van der Waals surface area (Å²) >= 11 is 0. The predicted molar refractivity (Wildman–Crippen MR) is 76.6 cm³/mol. The third-order valence-corrected chi connectivity index (χ3v) is 3.48. The van der Waals surface area contributed by atoms with Crippen LogP contribution in [0.2, 0.25) is 0 Å². The van der Waals surface area contributed by atoms with Gasteiger partial charge in [-0.3, -0.25) is 4.90 Å². The lowest BCUT2D eigenvalue weighted by atomic mass is 10.1. The quantitative estimate of drug-likeness (QED) is 0.839. The van der Waals surface area contributed by atoms with E-state index < -0.39 is 11.6 Å². The Balaban J connectivity index is 0.00000161. The molecule has 1 aromatic carbocycles. The van der Waals surface area contributed by atoms with Crippen LogP contribution in [-0.4, -0.2) is 18.5 Å². The molecule has 0 amide bonds. The molecule has 1 atom stereocenters.